The molecule has 170 valence electrons. The molecule has 1 heterocycles. The fourth-order valence-corrected chi connectivity index (χ4v) is 4.92. The number of hydrogen-bond donors (Lipinski definition) is 4. The Labute approximate surface area is 182 Å². The smallest absolute Gasteiger partial charge is 0.391 e. The highest BCUT2D eigenvalue weighted by molar-refractivity contribution is 7.89. The number of nitrogens with zero attached hydrogens (tertiary/aromatic N) is 1. The summed E-state index contributed by atoms with van der Waals surface area (Å²) in [6.07, 6.45) is 0. The van der Waals surface area contributed by atoms with Gasteiger partial charge < -0.3 is 4.42 Å². The van der Waals surface area contributed by atoms with Crippen LogP contribution >= 0.6 is 0 Å². The molecule has 12 heteroatoms. The SMILES string of the molecule is Cc1ccc(F)c([C@@H](C)[C@H](NS(=O)(=O)c2ccccc2C(=O)NO)c2n[nH]c(=O)o2)c1C. The summed E-state index contributed by atoms with van der Waals surface area (Å²) in [5, 5.41) is 14.7. The summed E-state index contributed by atoms with van der Waals surface area (Å²) in [5.41, 5.74) is 2.66. The van der Waals surface area contributed by atoms with Crippen LogP contribution in [0.3, 0.4) is 0 Å². The Morgan fingerprint density at radius 1 is 1.22 bits per heavy atom. The highest BCUT2D eigenvalue weighted by atomic mass is 32.2. The Kier molecular flexibility index (Phi) is 6.57. The van der Waals surface area contributed by atoms with Crippen LogP contribution in [0, 0.1) is 19.7 Å². The standard InChI is InChI=1S/C20H21FN4O6S/c1-10-8-9-14(21)16(11(10)2)12(3)17(19-22-23-20(27)31-19)25-32(29,30)15-7-5-4-6-13(15)18(26)24-28/h4-9,12,17,25,28H,1-3H3,(H,23,27)(H,24,26)/t12-,17+/m1/s1. The first-order valence-electron chi connectivity index (χ1n) is 9.43. The van der Waals surface area contributed by atoms with Gasteiger partial charge in [-0.05, 0) is 48.7 Å². The van der Waals surface area contributed by atoms with E-state index in [2.05, 4.69) is 14.9 Å². The van der Waals surface area contributed by atoms with E-state index in [1.54, 1.807) is 26.8 Å². The second-order valence-electron chi connectivity index (χ2n) is 7.18. The maximum atomic E-state index is 14.8. The van der Waals surface area contributed by atoms with E-state index in [0.29, 0.717) is 5.56 Å². The summed E-state index contributed by atoms with van der Waals surface area (Å²) in [6, 6.07) is 6.73. The molecule has 32 heavy (non-hydrogen) atoms. The third kappa shape index (κ3) is 4.47. The Morgan fingerprint density at radius 2 is 1.91 bits per heavy atom. The normalized spacial score (nSPS) is 13.5. The number of carbonyl (C=O) groups excluding carboxylic acids is 1. The summed E-state index contributed by atoms with van der Waals surface area (Å²) in [6.45, 7) is 5.03. The van der Waals surface area contributed by atoms with E-state index in [9.17, 15) is 22.4 Å². The first kappa shape index (κ1) is 23.3. The molecule has 2 atom stereocenters. The lowest BCUT2D eigenvalue weighted by molar-refractivity contribution is 0.0702. The predicted molar refractivity (Wildman–Crippen MR) is 110 cm³/mol. The van der Waals surface area contributed by atoms with Gasteiger partial charge in [0.05, 0.1) is 10.5 Å². The fourth-order valence-electron chi connectivity index (χ4n) is 3.45. The van der Waals surface area contributed by atoms with Gasteiger partial charge in [0.15, 0.2) is 0 Å². The van der Waals surface area contributed by atoms with Crippen LogP contribution in [0.2, 0.25) is 0 Å². The third-order valence-electron chi connectivity index (χ3n) is 5.21. The first-order chi connectivity index (χ1) is 15.1. The highest BCUT2D eigenvalue weighted by Crippen LogP contribution is 2.35. The van der Waals surface area contributed by atoms with E-state index in [4.69, 9.17) is 9.62 Å². The second kappa shape index (κ2) is 9.02. The lowest BCUT2D eigenvalue weighted by atomic mass is 9.88. The Bertz CT molecular complexity index is 1320. The monoisotopic (exact) mass is 464 g/mol. The van der Waals surface area contributed by atoms with Crippen molar-refractivity contribution in [3.05, 3.63) is 80.9 Å². The van der Waals surface area contributed by atoms with Crippen LogP contribution in [0.15, 0.2) is 50.5 Å². The Balaban J connectivity index is 2.13. The average Bonchev–Trinajstić information content (AvgIpc) is 3.20. The van der Waals surface area contributed by atoms with Crippen LogP contribution in [0.4, 0.5) is 4.39 Å². The molecule has 2 aromatic carbocycles. The van der Waals surface area contributed by atoms with Crippen LogP contribution in [0.1, 0.15) is 51.8 Å². The van der Waals surface area contributed by atoms with Gasteiger partial charge in [0.25, 0.3) is 5.91 Å². The van der Waals surface area contributed by atoms with Crippen molar-refractivity contribution in [2.45, 2.75) is 37.6 Å². The summed E-state index contributed by atoms with van der Waals surface area (Å²) in [7, 11) is -4.43. The quantitative estimate of drug-likeness (QED) is 0.308. The number of rotatable bonds is 7. The zero-order chi connectivity index (χ0) is 23.6. The minimum Gasteiger partial charge on any atom is -0.391 e. The van der Waals surface area contributed by atoms with Crippen molar-refractivity contribution in [3.63, 3.8) is 0 Å². The summed E-state index contributed by atoms with van der Waals surface area (Å²) < 4.78 is 48.5. The minimum atomic E-state index is -4.43. The minimum absolute atomic E-state index is 0.213. The van der Waals surface area contributed by atoms with Crippen molar-refractivity contribution < 1.29 is 27.2 Å². The number of aromatic amines is 1. The van der Waals surface area contributed by atoms with Crippen LogP contribution in [-0.2, 0) is 10.0 Å². The second-order valence-corrected chi connectivity index (χ2v) is 8.86. The molecule has 0 fully saturated rings. The fraction of sp³-hybridized carbons (Fsp3) is 0.250. The number of halogens is 1. The van der Waals surface area contributed by atoms with E-state index in [0.717, 1.165) is 11.6 Å². The molecule has 3 rings (SSSR count). The topological polar surface area (TPSA) is 154 Å². The number of H-pyrrole nitrogens is 1. The first-order valence-corrected chi connectivity index (χ1v) is 10.9. The number of carbonyl (C=O) groups is 1. The largest absolute Gasteiger partial charge is 0.434 e. The molecule has 0 saturated carbocycles. The summed E-state index contributed by atoms with van der Waals surface area (Å²) in [4.78, 5) is 23.0. The Hall–Kier alpha value is -3.35. The van der Waals surface area contributed by atoms with E-state index in [-0.39, 0.29) is 17.0 Å². The van der Waals surface area contributed by atoms with E-state index in [1.165, 1.54) is 29.7 Å². The van der Waals surface area contributed by atoms with E-state index >= 15 is 0 Å². The van der Waals surface area contributed by atoms with Crippen molar-refractivity contribution in [1.29, 1.82) is 0 Å². The van der Waals surface area contributed by atoms with Gasteiger partial charge in [-0.15, -0.1) is 5.10 Å². The predicted octanol–water partition coefficient (Wildman–Crippen LogP) is 2.06. The molecular weight excluding hydrogens is 443 g/mol. The van der Waals surface area contributed by atoms with E-state index < -0.39 is 44.4 Å². The van der Waals surface area contributed by atoms with Crippen molar-refractivity contribution in [3.8, 4) is 0 Å². The molecule has 1 amide bonds. The molecule has 0 aliphatic heterocycles. The summed E-state index contributed by atoms with van der Waals surface area (Å²) >= 11 is 0. The molecule has 0 bridgehead atoms. The number of benzene rings is 2. The van der Waals surface area contributed by atoms with Crippen LogP contribution in [0.5, 0.6) is 0 Å². The van der Waals surface area contributed by atoms with Crippen molar-refractivity contribution in [2.24, 2.45) is 0 Å². The lowest BCUT2D eigenvalue weighted by Gasteiger charge is -2.25. The average molecular weight is 464 g/mol. The molecule has 4 N–H and O–H groups in total. The van der Waals surface area contributed by atoms with Gasteiger partial charge in [-0.1, -0.05) is 25.1 Å². The third-order valence-corrected chi connectivity index (χ3v) is 6.71. The van der Waals surface area contributed by atoms with Gasteiger partial charge in [0, 0.05) is 5.92 Å². The number of amides is 1. The number of aromatic nitrogens is 2. The van der Waals surface area contributed by atoms with Gasteiger partial charge in [0.1, 0.15) is 11.9 Å². The highest BCUT2D eigenvalue weighted by Gasteiger charge is 2.34. The summed E-state index contributed by atoms with van der Waals surface area (Å²) in [5.74, 6) is -3.70. The van der Waals surface area contributed by atoms with Gasteiger partial charge >= 0.3 is 5.76 Å². The van der Waals surface area contributed by atoms with Gasteiger partial charge in [-0.25, -0.2) is 28.2 Å². The van der Waals surface area contributed by atoms with Crippen LogP contribution in [-0.4, -0.2) is 29.7 Å². The number of nitrogens with one attached hydrogen (secondary N) is 3. The molecule has 0 unspecified atom stereocenters. The number of sulfonamides is 1. The maximum absolute atomic E-state index is 14.8. The molecular formula is C20H21FN4O6S. The zero-order valence-corrected chi connectivity index (χ0v) is 18.2. The molecule has 1 aromatic heterocycles. The lowest BCUT2D eigenvalue weighted by Crippen LogP contribution is -2.34. The maximum Gasteiger partial charge on any atom is 0.434 e. The van der Waals surface area contributed by atoms with E-state index in [1.807, 2.05) is 0 Å². The van der Waals surface area contributed by atoms with Crippen molar-refractivity contribution >= 4 is 15.9 Å². The molecule has 0 radical (unpaired) electrons. The van der Waals surface area contributed by atoms with Crippen LogP contribution in [0.25, 0.3) is 0 Å². The Morgan fingerprint density at radius 3 is 2.53 bits per heavy atom. The molecule has 0 saturated heterocycles. The molecule has 10 nitrogen and oxygen atoms in total. The molecule has 3 aromatic rings. The van der Waals surface area contributed by atoms with Gasteiger partial charge in [0.2, 0.25) is 15.9 Å². The zero-order valence-electron chi connectivity index (χ0n) is 17.3. The molecule has 0 spiro atoms. The number of aryl methyl sites for hydroxylation is 1. The van der Waals surface area contributed by atoms with Crippen molar-refractivity contribution in [1.82, 2.24) is 20.4 Å². The molecule has 0 aliphatic carbocycles. The van der Waals surface area contributed by atoms with Gasteiger partial charge in [-0.3, -0.25) is 10.0 Å². The van der Waals surface area contributed by atoms with Gasteiger partial charge in [-0.2, -0.15) is 4.72 Å². The number of hydrogen-bond acceptors (Lipinski definition) is 7. The van der Waals surface area contributed by atoms with Crippen LogP contribution < -0.4 is 16.0 Å². The number of hydroxylamine groups is 1. The van der Waals surface area contributed by atoms with Crippen molar-refractivity contribution in [2.75, 3.05) is 0 Å². The molecule has 0 aliphatic rings.